The number of halogens is 2. The number of hydrogen-bond acceptors (Lipinski definition) is 5. The lowest BCUT2D eigenvalue weighted by atomic mass is 10.2. The maximum Gasteiger partial charge on any atom is 0.322 e. The molecule has 0 radical (unpaired) electrons. The highest BCUT2D eigenvalue weighted by molar-refractivity contribution is 5.85. The van der Waals surface area contributed by atoms with Gasteiger partial charge in [0.15, 0.2) is 0 Å². The second-order valence-corrected chi connectivity index (χ2v) is 2.02. The molecule has 0 aromatic rings. The second kappa shape index (κ2) is 11.9. The molecule has 0 aliphatic rings. The van der Waals surface area contributed by atoms with Gasteiger partial charge < -0.3 is 15.3 Å². The Morgan fingerprint density at radius 1 is 1.46 bits per heavy atom. The maximum atomic E-state index is 10.8. The molecular formula is C6H16Cl2N2O3. The van der Waals surface area contributed by atoms with Gasteiger partial charge >= 0.3 is 5.97 Å². The average Bonchev–Trinajstić information content (AvgIpc) is 2.00. The number of ether oxygens (including phenoxy) is 1. The van der Waals surface area contributed by atoms with Crippen molar-refractivity contribution in [2.24, 2.45) is 11.6 Å². The highest BCUT2D eigenvalue weighted by Gasteiger charge is 2.13. The Bertz CT molecular complexity index is 126. The van der Waals surface area contributed by atoms with Crippen molar-refractivity contribution in [3.8, 4) is 0 Å². The number of rotatable bonds is 5. The Labute approximate surface area is 89.9 Å². The first-order valence-corrected chi connectivity index (χ1v) is 3.46. The standard InChI is InChI=1S/C6H14N2O3.2ClH/c1-2-10-6(9)5(7)3-4-11-8;;/h5H,2-4,7-8H2,1H3;2*1H/t5-;;/m0../s1. The Balaban J connectivity index is -0.000000500. The SMILES string of the molecule is CCOC(=O)[C@@H](N)CCON.Cl.Cl. The highest BCUT2D eigenvalue weighted by Crippen LogP contribution is 1.91. The molecule has 0 aromatic heterocycles. The summed E-state index contributed by atoms with van der Waals surface area (Å²) < 4.78 is 4.64. The molecule has 0 aliphatic heterocycles. The van der Waals surface area contributed by atoms with Gasteiger partial charge in [0.2, 0.25) is 0 Å². The van der Waals surface area contributed by atoms with Gasteiger partial charge in [-0.15, -0.1) is 24.8 Å². The molecular weight excluding hydrogens is 219 g/mol. The van der Waals surface area contributed by atoms with Gasteiger partial charge in [0.1, 0.15) is 6.04 Å². The number of esters is 1. The summed E-state index contributed by atoms with van der Waals surface area (Å²) in [6, 6.07) is -0.626. The first kappa shape index (κ1) is 18.7. The summed E-state index contributed by atoms with van der Waals surface area (Å²) >= 11 is 0. The van der Waals surface area contributed by atoms with Gasteiger partial charge in [-0.3, -0.25) is 4.79 Å². The number of nitrogens with two attached hydrogens (primary N) is 2. The molecule has 0 heterocycles. The normalized spacial score (nSPS) is 10.7. The Hall–Kier alpha value is -0.0700. The van der Waals surface area contributed by atoms with Crippen molar-refractivity contribution in [1.29, 1.82) is 0 Å². The third-order valence-electron chi connectivity index (χ3n) is 1.14. The van der Waals surface area contributed by atoms with Gasteiger partial charge in [-0.2, -0.15) is 0 Å². The van der Waals surface area contributed by atoms with Crippen molar-refractivity contribution in [2.75, 3.05) is 13.2 Å². The monoisotopic (exact) mass is 234 g/mol. The molecule has 0 fully saturated rings. The van der Waals surface area contributed by atoms with E-state index in [0.29, 0.717) is 13.0 Å². The lowest BCUT2D eigenvalue weighted by Gasteiger charge is -2.08. The fourth-order valence-electron chi connectivity index (χ4n) is 0.562. The molecule has 82 valence electrons. The molecule has 13 heavy (non-hydrogen) atoms. The fourth-order valence-corrected chi connectivity index (χ4v) is 0.562. The van der Waals surface area contributed by atoms with Crippen LogP contribution in [0.4, 0.5) is 0 Å². The van der Waals surface area contributed by atoms with Gasteiger partial charge in [-0.1, -0.05) is 0 Å². The topological polar surface area (TPSA) is 87.6 Å². The summed E-state index contributed by atoms with van der Waals surface area (Å²) in [5.74, 6) is 4.33. The quantitative estimate of drug-likeness (QED) is 0.517. The summed E-state index contributed by atoms with van der Waals surface area (Å²) in [6.45, 7) is 2.33. The van der Waals surface area contributed by atoms with Crippen molar-refractivity contribution in [3.63, 3.8) is 0 Å². The molecule has 7 heteroatoms. The number of carbonyl (C=O) groups is 1. The van der Waals surface area contributed by atoms with E-state index in [1.165, 1.54) is 0 Å². The van der Waals surface area contributed by atoms with Crippen molar-refractivity contribution < 1.29 is 14.4 Å². The van der Waals surface area contributed by atoms with Gasteiger partial charge in [-0.25, -0.2) is 5.90 Å². The lowest BCUT2D eigenvalue weighted by Crippen LogP contribution is -2.33. The van der Waals surface area contributed by atoms with E-state index in [1.54, 1.807) is 6.92 Å². The van der Waals surface area contributed by atoms with E-state index in [0.717, 1.165) is 0 Å². The predicted molar refractivity (Wildman–Crippen MR) is 53.9 cm³/mol. The number of carbonyl (C=O) groups excluding carboxylic acids is 1. The largest absolute Gasteiger partial charge is 0.465 e. The second-order valence-electron chi connectivity index (χ2n) is 2.02. The van der Waals surface area contributed by atoms with E-state index in [2.05, 4.69) is 9.57 Å². The summed E-state index contributed by atoms with van der Waals surface area (Å²) in [6.07, 6.45) is 0.384. The van der Waals surface area contributed by atoms with E-state index in [4.69, 9.17) is 11.6 Å². The Morgan fingerprint density at radius 3 is 2.38 bits per heavy atom. The van der Waals surface area contributed by atoms with Crippen molar-refractivity contribution >= 4 is 30.8 Å². The van der Waals surface area contributed by atoms with Crippen LogP contribution < -0.4 is 11.6 Å². The van der Waals surface area contributed by atoms with Gasteiger partial charge in [0.05, 0.1) is 13.2 Å². The van der Waals surface area contributed by atoms with Crippen molar-refractivity contribution in [3.05, 3.63) is 0 Å². The third-order valence-corrected chi connectivity index (χ3v) is 1.14. The van der Waals surface area contributed by atoms with E-state index < -0.39 is 12.0 Å². The first-order valence-electron chi connectivity index (χ1n) is 3.46. The van der Waals surface area contributed by atoms with Crippen LogP contribution in [0, 0.1) is 0 Å². The first-order chi connectivity index (χ1) is 5.22. The minimum Gasteiger partial charge on any atom is -0.465 e. The molecule has 0 saturated carbocycles. The van der Waals surface area contributed by atoms with Crippen molar-refractivity contribution in [2.45, 2.75) is 19.4 Å². The molecule has 0 bridgehead atoms. The summed E-state index contributed by atoms with van der Waals surface area (Å²) in [5, 5.41) is 0. The van der Waals surface area contributed by atoms with Crippen LogP contribution in [-0.2, 0) is 14.4 Å². The minimum atomic E-state index is -0.626. The molecule has 0 spiro atoms. The Morgan fingerprint density at radius 2 is 2.00 bits per heavy atom. The van der Waals surface area contributed by atoms with E-state index in [1.807, 2.05) is 0 Å². The zero-order chi connectivity index (χ0) is 8.69. The molecule has 0 saturated heterocycles. The van der Waals surface area contributed by atoms with Crippen LogP contribution in [0.5, 0.6) is 0 Å². The van der Waals surface area contributed by atoms with Crippen LogP contribution in [0.3, 0.4) is 0 Å². The average molecular weight is 235 g/mol. The maximum absolute atomic E-state index is 10.8. The lowest BCUT2D eigenvalue weighted by molar-refractivity contribution is -0.145. The smallest absolute Gasteiger partial charge is 0.322 e. The highest BCUT2D eigenvalue weighted by atomic mass is 35.5. The molecule has 1 atom stereocenters. The van der Waals surface area contributed by atoms with Crippen LogP contribution in [0.2, 0.25) is 0 Å². The fraction of sp³-hybridized carbons (Fsp3) is 0.833. The molecule has 0 aromatic carbocycles. The van der Waals surface area contributed by atoms with E-state index in [9.17, 15) is 4.79 Å². The van der Waals surface area contributed by atoms with Gasteiger partial charge in [-0.05, 0) is 13.3 Å². The molecule has 0 aliphatic carbocycles. The predicted octanol–water partition coefficient (Wildman–Crippen LogP) is 0.000800. The zero-order valence-corrected chi connectivity index (χ0v) is 9.03. The Kier molecular flexibility index (Phi) is 17.1. The van der Waals surface area contributed by atoms with E-state index in [-0.39, 0.29) is 31.4 Å². The van der Waals surface area contributed by atoms with E-state index >= 15 is 0 Å². The molecule has 0 amide bonds. The summed E-state index contributed by atoms with van der Waals surface area (Å²) in [4.78, 5) is 15.1. The van der Waals surface area contributed by atoms with Crippen LogP contribution in [0.15, 0.2) is 0 Å². The molecule has 5 nitrogen and oxygen atoms in total. The van der Waals surface area contributed by atoms with Crippen LogP contribution in [0.25, 0.3) is 0 Å². The van der Waals surface area contributed by atoms with Crippen LogP contribution >= 0.6 is 24.8 Å². The summed E-state index contributed by atoms with van der Waals surface area (Å²) in [5.41, 5.74) is 5.38. The third kappa shape index (κ3) is 9.85. The van der Waals surface area contributed by atoms with Gasteiger partial charge in [0, 0.05) is 0 Å². The molecule has 0 unspecified atom stereocenters. The van der Waals surface area contributed by atoms with Gasteiger partial charge in [0.25, 0.3) is 0 Å². The van der Waals surface area contributed by atoms with Crippen LogP contribution in [-0.4, -0.2) is 25.2 Å². The van der Waals surface area contributed by atoms with Crippen molar-refractivity contribution in [1.82, 2.24) is 0 Å². The number of hydrogen-bond donors (Lipinski definition) is 2. The molecule has 4 N–H and O–H groups in total. The minimum absolute atomic E-state index is 0. The van der Waals surface area contributed by atoms with Crippen LogP contribution in [0.1, 0.15) is 13.3 Å². The summed E-state index contributed by atoms with van der Waals surface area (Å²) in [7, 11) is 0. The zero-order valence-electron chi connectivity index (χ0n) is 7.39. The molecule has 0 rings (SSSR count).